The number of ether oxygens (including phenoxy) is 2. The second kappa shape index (κ2) is 10.5. The Kier molecular flexibility index (Phi) is 7.57. The molecule has 184 valence electrons. The Morgan fingerprint density at radius 3 is 2.66 bits per heavy atom. The van der Waals surface area contributed by atoms with Gasteiger partial charge in [-0.2, -0.15) is 0 Å². The minimum atomic E-state index is -0.621. The van der Waals surface area contributed by atoms with Gasteiger partial charge in [-0.25, -0.2) is 4.79 Å². The molecule has 2 heterocycles. The van der Waals surface area contributed by atoms with Crippen LogP contribution in [0.15, 0.2) is 70.2 Å². The molecular weight excluding hydrogens is 532 g/mol. The van der Waals surface area contributed by atoms with E-state index in [2.05, 4.69) is 34.8 Å². The van der Waals surface area contributed by atoms with Crippen molar-refractivity contribution in [1.29, 1.82) is 0 Å². The first-order valence-corrected chi connectivity index (χ1v) is 12.7. The number of esters is 1. The Labute approximate surface area is 218 Å². The largest absolute Gasteiger partial charge is 0.487 e. The van der Waals surface area contributed by atoms with Crippen LogP contribution in [0.2, 0.25) is 5.02 Å². The van der Waals surface area contributed by atoms with Crippen LogP contribution < -0.4 is 15.2 Å². The van der Waals surface area contributed by atoms with Gasteiger partial charge in [0.15, 0.2) is 5.43 Å². The predicted octanol–water partition coefficient (Wildman–Crippen LogP) is 6.27. The summed E-state index contributed by atoms with van der Waals surface area (Å²) in [6.45, 7) is 6.62. The van der Waals surface area contributed by atoms with E-state index in [1.807, 2.05) is 47.1 Å². The highest BCUT2D eigenvalue weighted by Crippen LogP contribution is 2.45. The molecule has 0 aliphatic carbocycles. The Morgan fingerprint density at radius 1 is 1.20 bits per heavy atom. The van der Waals surface area contributed by atoms with Gasteiger partial charge < -0.3 is 14.5 Å². The lowest BCUT2D eigenvalue weighted by Crippen LogP contribution is -2.48. The van der Waals surface area contributed by atoms with Gasteiger partial charge in [0.2, 0.25) is 0 Å². The molecule has 0 N–H and O–H groups in total. The number of halogens is 2. The molecule has 2 aromatic carbocycles. The molecule has 0 spiro atoms. The first kappa shape index (κ1) is 25.3. The van der Waals surface area contributed by atoms with Crippen LogP contribution in [0.3, 0.4) is 0 Å². The number of hydrogen-bond acceptors (Lipinski definition) is 5. The number of carbonyl (C=O) groups is 1. The summed E-state index contributed by atoms with van der Waals surface area (Å²) in [5, 5.41) is 2.71. The van der Waals surface area contributed by atoms with Crippen molar-refractivity contribution in [2.75, 3.05) is 11.6 Å². The van der Waals surface area contributed by atoms with E-state index in [1.165, 1.54) is 6.07 Å². The van der Waals surface area contributed by atoms with Gasteiger partial charge in [0, 0.05) is 22.9 Å². The first-order valence-electron chi connectivity index (χ1n) is 11.6. The maximum Gasteiger partial charge on any atom is 0.343 e. The lowest BCUT2D eigenvalue weighted by molar-refractivity contribution is 0.0523. The molecule has 1 fully saturated rings. The predicted molar refractivity (Wildman–Crippen MR) is 141 cm³/mol. The van der Waals surface area contributed by atoms with E-state index in [0.29, 0.717) is 17.4 Å². The molecule has 4 rings (SSSR count). The van der Waals surface area contributed by atoms with Crippen LogP contribution in [-0.4, -0.2) is 22.8 Å². The van der Waals surface area contributed by atoms with E-state index in [0.717, 1.165) is 28.4 Å². The van der Waals surface area contributed by atoms with E-state index in [1.54, 1.807) is 19.3 Å². The third kappa shape index (κ3) is 5.41. The van der Waals surface area contributed by atoms with Crippen molar-refractivity contribution in [2.45, 2.75) is 51.8 Å². The fraction of sp³-hybridized carbons (Fsp3) is 0.333. The normalized spacial score (nSPS) is 16.8. The van der Waals surface area contributed by atoms with Gasteiger partial charge in [0.05, 0.1) is 23.2 Å². The lowest BCUT2D eigenvalue weighted by atomic mass is 10.0. The SMILES string of the molecule is CCOC(=O)c1cn(N2C(c3cc(OCc4ccccc4)c(Cl)cc3Br)CCC2(C)C)ccc1=O. The van der Waals surface area contributed by atoms with Crippen LogP contribution in [0.1, 0.15) is 61.1 Å². The fourth-order valence-electron chi connectivity index (χ4n) is 4.52. The number of aromatic nitrogens is 1. The van der Waals surface area contributed by atoms with E-state index in [4.69, 9.17) is 21.1 Å². The molecule has 0 saturated carbocycles. The molecule has 0 radical (unpaired) electrons. The average Bonchev–Trinajstić information content (AvgIpc) is 3.14. The zero-order chi connectivity index (χ0) is 25.2. The van der Waals surface area contributed by atoms with Crippen LogP contribution >= 0.6 is 27.5 Å². The quantitative estimate of drug-likeness (QED) is 0.319. The topological polar surface area (TPSA) is 60.8 Å². The highest BCUT2D eigenvalue weighted by molar-refractivity contribution is 9.10. The summed E-state index contributed by atoms with van der Waals surface area (Å²) < 4.78 is 13.9. The van der Waals surface area contributed by atoms with Crippen LogP contribution in [0.4, 0.5) is 0 Å². The van der Waals surface area contributed by atoms with E-state index in [-0.39, 0.29) is 29.2 Å². The van der Waals surface area contributed by atoms with Crippen molar-refractivity contribution in [3.63, 3.8) is 0 Å². The third-order valence-corrected chi connectivity index (χ3v) is 7.22. The van der Waals surface area contributed by atoms with Gasteiger partial charge in [-0.05, 0) is 56.9 Å². The number of carbonyl (C=O) groups excluding carboxylic acids is 1. The summed E-state index contributed by atoms with van der Waals surface area (Å²) in [5.41, 5.74) is 1.47. The van der Waals surface area contributed by atoms with Crippen LogP contribution in [0, 0.1) is 0 Å². The van der Waals surface area contributed by atoms with Gasteiger partial charge in [-0.1, -0.05) is 57.9 Å². The van der Waals surface area contributed by atoms with E-state index >= 15 is 0 Å². The fourth-order valence-corrected chi connectivity index (χ4v) is 5.48. The molecule has 1 aromatic heterocycles. The zero-order valence-corrected chi connectivity index (χ0v) is 22.3. The van der Waals surface area contributed by atoms with E-state index in [9.17, 15) is 9.59 Å². The Hall–Kier alpha value is -2.77. The number of nitrogens with zero attached hydrogens (tertiary/aromatic N) is 2. The number of benzene rings is 2. The second-order valence-corrected chi connectivity index (χ2v) is 10.4. The van der Waals surface area contributed by atoms with Gasteiger partial charge in [0.25, 0.3) is 0 Å². The minimum absolute atomic E-state index is 0.0119. The highest BCUT2D eigenvalue weighted by Gasteiger charge is 2.41. The lowest BCUT2D eigenvalue weighted by Gasteiger charge is -2.40. The molecule has 1 aliphatic heterocycles. The average molecular weight is 560 g/mol. The smallest absolute Gasteiger partial charge is 0.343 e. The molecule has 0 bridgehead atoms. The van der Waals surface area contributed by atoms with Crippen molar-refractivity contribution < 1.29 is 14.3 Å². The van der Waals surface area contributed by atoms with Gasteiger partial charge in [0.1, 0.15) is 17.9 Å². The van der Waals surface area contributed by atoms with Crippen molar-refractivity contribution in [3.05, 3.63) is 97.3 Å². The summed E-state index contributed by atoms with van der Waals surface area (Å²) in [7, 11) is 0. The second-order valence-electron chi connectivity index (χ2n) is 9.11. The van der Waals surface area contributed by atoms with Crippen LogP contribution in [-0.2, 0) is 11.3 Å². The van der Waals surface area contributed by atoms with Crippen molar-refractivity contribution >= 4 is 33.5 Å². The van der Waals surface area contributed by atoms with Crippen LogP contribution in [0.5, 0.6) is 5.75 Å². The Bertz CT molecular complexity index is 1280. The highest BCUT2D eigenvalue weighted by atomic mass is 79.9. The molecule has 1 saturated heterocycles. The zero-order valence-electron chi connectivity index (χ0n) is 20.0. The van der Waals surface area contributed by atoms with Gasteiger partial charge in [-0.15, -0.1) is 0 Å². The van der Waals surface area contributed by atoms with Gasteiger partial charge in [-0.3, -0.25) is 9.47 Å². The van der Waals surface area contributed by atoms with Crippen molar-refractivity contribution in [3.8, 4) is 5.75 Å². The molecule has 1 aliphatic rings. The molecule has 8 heteroatoms. The minimum Gasteiger partial charge on any atom is -0.487 e. The summed E-state index contributed by atoms with van der Waals surface area (Å²) in [6.07, 6.45) is 5.04. The molecule has 1 unspecified atom stereocenters. The molecule has 3 aromatic rings. The molecule has 0 amide bonds. The molecular formula is C27H28BrClN2O4. The van der Waals surface area contributed by atoms with Gasteiger partial charge >= 0.3 is 5.97 Å². The van der Waals surface area contributed by atoms with E-state index < -0.39 is 5.97 Å². The number of hydrogen-bond donors (Lipinski definition) is 0. The Balaban J connectivity index is 1.70. The Morgan fingerprint density at radius 2 is 1.94 bits per heavy atom. The molecule has 1 atom stereocenters. The summed E-state index contributed by atoms with van der Waals surface area (Å²) in [6, 6.07) is 15.1. The summed E-state index contributed by atoms with van der Waals surface area (Å²) >= 11 is 10.2. The summed E-state index contributed by atoms with van der Waals surface area (Å²) in [5.74, 6) is -0.0184. The standard InChI is InChI=1S/C27H28BrClN2O4/c1-4-34-26(33)20-16-30(13-11-24(20)32)31-23(10-12-27(31,2)3)19-14-25(22(29)15-21(19)28)35-17-18-8-6-5-7-9-18/h5-9,11,13-16,23H,4,10,12,17H2,1-3H3. The van der Waals surface area contributed by atoms with Crippen molar-refractivity contribution in [2.24, 2.45) is 0 Å². The number of pyridine rings is 1. The van der Waals surface area contributed by atoms with Crippen LogP contribution in [0.25, 0.3) is 0 Å². The summed E-state index contributed by atoms with van der Waals surface area (Å²) in [4.78, 5) is 24.7. The monoisotopic (exact) mass is 558 g/mol. The molecule has 6 nitrogen and oxygen atoms in total. The molecule has 35 heavy (non-hydrogen) atoms. The number of rotatable bonds is 7. The third-order valence-electron chi connectivity index (χ3n) is 6.24. The first-order chi connectivity index (χ1) is 16.7. The maximum atomic E-state index is 12.4. The van der Waals surface area contributed by atoms with Crippen molar-refractivity contribution in [1.82, 2.24) is 4.68 Å². The maximum absolute atomic E-state index is 12.4.